The quantitative estimate of drug-likeness (QED) is 0.507. The first-order chi connectivity index (χ1) is 12.7. The Kier molecular flexibility index (Phi) is 5.26. The highest BCUT2D eigenvalue weighted by Gasteiger charge is 2.54. The molecule has 1 aromatic rings. The molecule has 1 aromatic carbocycles. The highest BCUT2D eigenvalue weighted by molar-refractivity contribution is 5.94. The van der Waals surface area contributed by atoms with Gasteiger partial charge in [-0.15, -0.1) is 0 Å². The van der Waals surface area contributed by atoms with Crippen LogP contribution < -0.4 is 4.74 Å². The minimum Gasteiger partial charge on any atom is -0.507 e. The second-order valence-corrected chi connectivity index (χ2v) is 8.35. The number of rotatable bonds is 6. The van der Waals surface area contributed by atoms with E-state index in [9.17, 15) is 20.1 Å². The molecule has 0 spiro atoms. The lowest BCUT2D eigenvalue weighted by atomic mass is 9.66. The Labute approximate surface area is 160 Å². The Balaban J connectivity index is 2.12. The second kappa shape index (κ2) is 7.19. The fourth-order valence-corrected chi connectivity index (χ4v) is 4.74. The highest BCUT2D eigenvalue weighted by atomic mass is 16.5. The number of aromatic carboxylic acids is 1. The van der Waals surface area contributed by atoms with E-state index in [0.717, 1.165) is 31.3 Å². The minimum absolute atomic E-state index is 0.0280. The van der Waals surface area contributed by atoms with Crippen LogP contribution in [0.15, 0.2) is 18.2 Å². The van der Waals surface area contributed by atoms with Crippen LogP contribution in [0.1, 0.15) is 80.3 Å². The van der Waals surface area contributed by atoms with E-state index in [1.165, 1.54) is 0 Å². The number of carboxylic acids is 1. The fraction of sp³-hybridized carbons (Fsp3) is 0.591. The number of benzene rings is 1. The first-order valence-corrected chi connectivity index (χ1v) is 9.85. The van der Waals surface area contributed by atoms with E-state index in [4.69, 9.17) is 4.74 Å². The van der Waals surface area contributed by atoms with Gasteiger partial charge in [-0.2, -0.15) is 0 Å². The molecule has 1 aliphatic carbocycles. The summed E-state index contributed by atoms with van der Waals surface area (Å²) in [5, 5.41) is 31.6. The van der Waals surface area contributed by atoms with Gasteiger partial charge in [-0.1, -0.05) is 31.9 Å². The standard InChI is InChI=1S/C22H30O5/c1-5-6-7-8-13-11-15-18(19(23)16(13)21(24)25)17-14(12(2)3)9-10-22(4,26)20(17)27-15/h11,14,17,20,23,26H,2,5-10H2,1,3-4H3,(H,24,25)/t14-,17+,20-,22+/m1/s1. The number of phenols is 1. The summed E-state index contributed by atoms with van der Waals surface area (Å²) in [5.74, 6) is -1.07. The lowest BCUT2D eigenvalue weighted by Crippen LogP contribution is -2.50. The van der Waals surface area contributed by atoms with E-state index >= 15 is 0 Å². The van der Waals surface area contributed by atoms with Crippen molar-refractivity contribution in [2.24, 2.45) is 5.92 Å². The molecule has 0 bridgehead atoms. The first-order valence-electron chi connectivity index (χ1n) is 9.85. The summed E-state index contributed by atoms with van der Waals surface area (Å²) in [5.41, 5.74) is 1.01. The van der Waals surface area contributed by atoms with Gasteiger partial charge in [0, 0.05) is 11.5 Å². The van der Waals surface area contributed by atoms with Crippen LogP contribution in [-0.2, 0) is 6.42 Å². The Bertz CT molecular complexity index is 764. The summed E-state index contributed by atoms with van der Waals surface area (Å²) in [4.78, 5) is 11.9. The van der Waals surface area contributed by atoms with Gasteiger partial charge in [0.05, 0.1) is 5.60 Å². The monoisotopic (exact) mass is 374 g/mol. The molecule has 2 aliphatic rings. The van der Waals surface area contributed by atoms with E-state index in [0.29, 0.717) is 29.7 Å². The van der Waals surface area contributed by atoms with Crippen molar-refractivity contribution >= 4 is 5.97 Å². The third-order valence-corrected chi connectivity index (χ3v) is 6.20. The van der Waals surface area contributed by atoms with Gasteiger partial charge in [0.15, 0.2) is 0 Å². The summed E-state index contributed by atoms with van der Waals surface area (Å²) in [6, 6.07) is 1.76. The van der Waals surface area contributed by atoms with Crippen molar-refractivity contribution in [1.29, 1.82) is 0 Å². The van der Waals surface area contributed by atoms with Crippen LogP contribution in [0.25, 0.3) is 0 Å². The van der Waals surface area contributed by atoms with Crippen LogP contribution in [-0.4, -0.2) is 33.0 Å². The second-order valence-electron chi connectivity index (χ2n) is 8.35. The number of hydrogen-bond donors (Lipinski definition) is 3. The molecule has 3 rings (SSSR count). The molecule has 0 saturated heterocycles. The molecule has 0 aromatic heterocycles. The van der Waals surface area contributed by atoms with E-state index in [1.54, 1.807) is 13.0 Å². The van der Waals surface area contributed by atoms with Gasteiger partial charge in [-0.3, -0.25) is 0 Å². The number of fused-ring (bicyclic) bond motifs is 3. The van der Waals surface area contributed by atoms with Crippen molar-refractivity contribution in [2.75, 3.05) is 0 Å². The Morgan fingerprint density at radius 1 is 1.41 bits per heavy atom. The van der Waals surface area contributed by atoms with E-state index < -0.39 is 17.7 Å². The largest absolute Gasteiger partial charge is 0.507 e. The van der Waals surface area contributed by atoms with Gasteiger partial charge in [0.1, 0.15) is 23.2 Å². The number of carboxylic acid groups (broad SMARTS) is 1. The molecular weight excluding hydrogens is 344 g/mol. The van der Waals surface area contributed by atoms with Gasteiger partial charge < -0.3 is 20.1 Å². The molecule has 5 heteroatoms. The van der Waals surface area contributed by atoms with Crippen LogP contribution in [0.5, 0.6) is 11.5 Å². The summed E-state index contributed by atoms with van der Waals surface area (Å²) in [6.07, 6.45) is 4.26. The van der Waals surface area contributed by atoms with E-state index in [2.05, 4.69) is 13.5 Å². The van der Waals surface area contributed by atoms with Crippen molar-refractivity contribution < 1.29 is 24.9 Å². The number of aryl methyl sites for hydroxylation is 1. The summed E-state index contributed by atoms with van der Waals surface area (Å²) >= 11 is 0. The predicted molar refractivity (Wildman–Crippen MR) is 104 cm³/mol. The molecular formula is C22H30O5. The molecule has 0 radical (unpaired) electrons. The Hall–Kier alpha value is -2.01. The molecule has 1 aliphatic heterocycles. The molecule has 1 fully saturated rings. The molecule has 1 saturated carbocycles. The van der Waals surface area contributed by atoms with Crippen molar-refractivity contribution in [3.8, 4) is 11.5 Å². The SMILES string of the molecule is C=C(C)[C@H]1CC[C@](C)(O)[C@@H]2Oc3cc(CCCCC)c(C(=O)O)c(O)c3[C@H]12. The molecule has 0 amide bonds. The minimum atomic E-state index is -1.13. The maximum atomic E-state index is 11.9. The average molecular weight is 374 g/mol. The van der Waals surface area contributed by atoms with Crippen LogP contribution in [0.3, 0.4) is 0 Å². The summed E-state index contributed by atoms with van der Waals surface area (Å²) < 4.78 is 6.13. The first kappa shape index (κ1) is 19.7. The maximum Gasteiger partial charge on any atom is 0.339 e. The molecule has 4 atom stereocenters. The topological polar surface area (TPSA) is 87.0 Å². The van der Waals surface area contributed by atoms with Crippen molar-refractivity contribution in [1.82, 2.24) is 0 Å². The normalized spacial score (nSPS) is 29.0. The average Bonchev–Trinajstić information content (AvgIpc) is 2.95. The summed E-state index contributed by atoms with van der Waals surface area (Å²) in [6.45, 7) is 9.86. The molecule has 148 valence electrons. The zero-order valence-corrected chi connectivity index (χ0v) is 16.4. The van der Waals surface area contributed by atoms with Crippen LogP contribution in [0, 0.1) is 5.92 Å². The highest BCUT2D eigenvalue weighted by Crippen LogP contribution is 2.57. The fourth-order valence-electron chi connectivity index (χ4n) is 4.74. The molecule has 1 heterocycles. The molecule has 27 heavy (non-hydrogen) atoms. The lowest BCUT2D eigenvalue weighted by molar-refractivity contribution is -0.0824. The summed E-state index contributed by atoms with van der Waals surface area (Å²) in [7, 11) is 0. The van der Waals surface area contributed by atoms with Crippen molar-refractivity contribution in [3.05, 3.63) is 34.9 Å². The number of hydrogen-bond acceptors (Lipinski definition) is 4. The number of allylic oxidation sites excluding steroid dienone is 1. The third-order valence-electron chi connectivity index (χ3n) is 6.20. The molecule has 0 unspecified atom stereocenters. The maximum absolute atomic E-state index is 11.9. The number of aliphatic hydroxyl groups is 1. The Morgan fingerprint density at radius 3 is 2.70 bits per heavy atom. The van der Waals surface area contributed by atoms with Gasteiger partial charge in [-0.25, -0.2) is 4.79 Å². The van der Waals surface area contributed by atoms with Gasteiger partial charge >= 0.3 is 5.97 Å². The van der Waals surface area contributed by atoms with Gasteiger partial charge in [-0.05, 0) is 57.1 Å². The molecule has 3 N–H and O–H groups in total. The van der Waals surface area contributed by atoms with Gasteiger partial charge in [0.25, 0.3) is 0 Å². The smallest absolute Gasteiger partial charge is 0.339 e. The number of carbonyl (C=O) groups is 1. The number of aromatic hydroxyl groups is 1. The Morgan fingerprint density at radius 2 is 2.11 bits per heavy atom. The lowest BCUT2D eigenvalue weighted by Gasteiger charge is -2.42. The van der Waals surface area contributed by atoms with Crippen LogP contribution >= 0.6 is 0 Å². The third kappa shape index (κ3) is 3.33. The van der Waals surface area contributed by atoms with E-state index in [1.807, 2.05) is 6.92 Å². The van der Waals surface area contributed by atoms with Crippen molar-refractivity contribution in [2.45, 2.75) is 76.9 Å². The van der Waals surface area contributed by atoms with Gasteiger partial charge in [0.2, 0.25) is 0 Å². The van der Waals surface area contributed by atoms with E-state index in [-0.39, 0.29) is 23.1 Å². The van der Waals surface area contributed by atoms with Crippen LogP contribution in [0.2, 0.25) is 0 Å². The number of unbranched alkanes of at least 4 members (excludes halogenated alkanes) is 2. The predicted octanol–water partition coefficient (Wildman–Crippen LogP) is 4.40. The zero-order valence-electron chi connectivity index (χ0n) is 16.4. The molecule has 5 nitrogen and oxygen atoms in total. The zero-order chi connectivity index (χ0) is 19.9. The number of ether oxygens (including phenoxy) is 1. The van der Waals surface area contributed by atoms with Crippen molar-refractivity contribution in [3.63, 3.8) is 0 Å². The van der Waals surface area contributed by atoms with Crippen LogP contribution in [0.4, 0.5) is 0 Å².